The van der Waals surface area contributed by atoms with E-state index in [2.05, 4.69) is 29.4 Å². The van der Waals surface area contributed by atoms with Crippen LogP contribution in [0, 0.1) is 0 Å². The Bertz CT molecular complexity index is 435. The fourth-order valence-electron chi connectivity index (χ4n) is 2.36. The van der Waals surface area contributed by atoms with Gasteiger partial charge in [0, 0.05) is 19.1 Å². The van der Waals surface area contributed by atoms with E-state index in [0.717, 1.165) is 18.0 Å². The van der Waals surface area contributed by atoms with Crippen molar-refractivity contribution in [2.45, 2.75) is 45.7 Å². The van der Waals surface area contributed by atoms with Gasteiger partial charge in [-0.2, -0.15) is 0 Å². The lowest BCUT2D eigenvalue weighted by atomic mass is 10.1. The summed E-state index contributed by atoms with van der Waals surface area (Å²) in [7, 11) is 0. The molecule has 0 amide bonds. The number of nitrogens with zero attached hydrogens (tertiary/aromatic N) is 1. The lowest BCUT2D eigenvalue weighted by Crippen LogP contribution is -2.29. The number of carbonyl (C=O) groups excluding carboxylic acids is 1. The van der Waals surface area contributed by atoms with E-state index in [0.29, 0.717) is 6.04 Å². The van der Waals surface area contributed by atoms with Crippen LogP contribution in [-0.4, -0.2) is 23.3 Å². The summed E-state index contributed by atoms with van der Waals surface area (Å²) in [6, 6.07) is 2.63. The van der Waals surface area contributed by atoms with Crippen LogP contribution in [0.25, 0.3) is 0 Å². The van der Waals surface area contributed by atoms with E-state index in [1.807, 2.05) is 6.07 Å². The molecular weight excluding hydrogens is 242 g/mol. The molecule has 98 valence electrons. The Morgan fingerprint density at radius 3 is 3.06 bits per heavy atom. The SMILES string of the molecule is CCCC[C@@H]1C=CCN1Cc1csc(C(C)=O)c1. The molecule has 0 saturated heterocycles. The standard InChI is InChI=1S/C15H21NOS/c1-3-4-6-14-7-5-8-16(14)10-13-9-15(12(2)17)18-11-13/h5,7,9,11,14H,3-4,6,8,10H2,1-2H3/t14-/m1/s1. The van der Waals surface area contributed by atoms with Crippen molar-refractivity contribution in [1.82, 2.24) is 4.90 Å². The predicted molar refractivity (Wildman–Crippen MR) is 77.2 cm³/mol. The highest BCUT2D eigenvalue weighted by molar-refractivity contribution is 7.12. The minimum absolute atomic E-state index is 0.174. The first-order chi connectivity index (χ1) is 8.70. The van der Waals surface area contributed by atoms with Crippen molar-refractivity contribution in [3.63, 3.8) is 0 Å². The Morgan fingerprint density at radius 2 is 2.39 bits per heavy atom. The summed E-state index contributed by atoms with van der Waals surface area (Å²) in [5.41, 5.74) is 1.27. The second-order valence-electron chi connectivity index (χ2n) is 4.94. The summed E-state index contributed by atoms with van der Waals surface area (Å²) >= 11 is 1.56. The maximum Gasteiger partial charge on any atom is 0.169 e. The maximum atomic E-state index is 11.3. The molecule has 3 heteroatoms. The van der Waals surface area contributed by atoms with E-state index in [1.54, 1.807) is 18.3 Å². The highest BCUT2D eigenvalue weighted by atomic mass is 32.1. The summed E-state index contributed by atoms with van der Waals surface area (Å²) in [5, 5.41) is 2.12. The average molecular weight is 263 g/mol. The number of thiophene rings is 1. The van der Waals surface area contributed by atoms with Crippen LogP contribution in [0.15, 0.2) is 23.6 Å². The molecule has 0 saturated carbocycles. The van der Waals surface area contributed by atoms with Gasteiger partial charge in [-0.05, 0) is 30.4 Å². The summed E-state index contributed by atoms with van der Waals surface area (Å²) in [4.78, 5) is 14.7. The third kappa shape index (κ3) is 3.30. The largest absolute Gasteiger partial charge is 0.294 e. The first kappa shape index (κ1) is 13.5. The maximum absolute atomic E-state index is 11.3. The number of carbonyl (C=O) groups is 1. The smallest absolute Gasteiger partial charge is 0.169 e. The van der Waals surface area contributed by atoms with Gasteiger partial charge < -0.3 is 0 Å². The van der Waals surface area contributed by atoms with Gasteiger partial charge in [0.05, 0.1) is 4.88 Å². The number of Topliss-reactive ketones (excluding diaryl/α,β-unsaturated/α-hetero) is 1. The van der Waals surface area contributed by atoms with Gasteiger partial charge in [-0.1, -0.05) is 31.9 Å². The van der Waals surface area contributed by atoms with Gasteiger partial charge in [-0.3, -0.25) is 9.69 Å². The summed E-state index contributed by atoms with van der Waals surface area (Å²) in [6.07, 6.45) is 8.38. The van der Waals surface area contributed by atoms with Gasteiger partial charge in [0.1, 0.15) is 0 Å². The predicted octanol–water partition coefficient (Wildman–Crippen LogP) is 3.88. The molecule has 0 N–H and O–H groups in total. The third-order valence-electron chi connectivity index (χ3n) is 3.41. The van der Waals surface area contributed by atoms with E-state index in [4.69, 9.17) is 0 Å². The summed E-state index contributed by atoms with van der Waals surface area (Å²) < 4.78 is 0. The fourth-order valence-corrected chi connectivity index (χ4v) is 3.17. The lowest BCUT2D eigenvalue weighted by Gasteiger charge is -2.23. The molecule has 0 fully saturated rings. The molecule has 0 unspecified atom stereocenters. The highest BCUT2D eigenvalue weighted by Gasteiger charge is 2.19. The molecule has 0 bridgehead atoms. The zero-order valence-corrected chi connectivity index (χ0v) is 12.0. The van der Waals surface area contributed by atoms with Crippen LogP contribution in [-0.2, 0) is 6.54 Å². The van der Waals surface area contributed by atoms with E-state index in [-0.39, 0.29) is 5.78 Å². The van der Waals surface area contributed by atoms with Crippen molar-refractivity contribution in [3.8, 4) is 0 Å². The average Bonchev–Trinajstić information content (AvgIpc) is 2.96. The van der Waals surface area contributed by atoms with Crippen LogP contribution >= 0.6 is 11.3 Å². The van der Waals surface area contributed by atoms with Crippen molar-refractivity contribution < 1.29 is 4.79 Å². The fraction of sp³-hybridized carbons (Fsp3) is 0.533. The van der Waals surface area contributed by atoms with E-state index < -0.39 is 0 Å². The van der Waals surface area contributed by atoms with E-state index in [1.165, 1.54) is 24.8 Å². The molecule has 1 atom stereocenters. The normalized spacial score (nSPS) is 19.6. The first-order valence-corrected chi connectivity index (χ1v) is 7.57. The van der Waals surface area contributed by atoms with Crippen LogP contribution in [0.1, 0.15) is 48.3 Å². The lowest BCUT2D eigenvalue weighted by molar-refractivity contribution is 0.102. The van der Waals surface area contributed by atoms with Crippen LogP contribution < -0.4 is 0 Å². The van der Waals surface area contributed by atoms with E-state index in [9.17, 15) is 4.79 Å². The molecule has 1 aliphatic rings. The van der Waals surface area contributed by atoms with Crippen LogP contribution in [0.5, 0.6) is 0 Å². The zero-order valence-electron chi connectivity index (χ0n) is 11.2. The summed E-state index contributed by atoms with van der Waals surface area (Å²) in [6.45, 7) is 5.88. The number of unbranched alkanes of at least 4 members (excludes halogenated alkanes) is 1. The molecule has 0 aliphatic carbocycles. The zero-order chi connectivity index (χ0) is 13.0. The quantitative estimate of drug-likeness (QED) is 0.573. The molecule has 1 aliphatic heterocycles. The van der Waals surface area contributed by atoms with Gasteiger partial charge >= 0.3 is 0 Å². The van der Waals surface area contributed by atoms with Crippen molar-refractivity contribution in [1.29, 1.82) is 0 Å². The molecular formula is C15H21NOS. The minimum atomic E-state index is 0.174. The Hall–Kier alpha value is -0.930. The third-order valence-corrected chi connectivity index (χ3v) is 4.49. The number of ketones is 1. The van der Waals surface area contributed by atoms with Gasteiger partial charge in [0.25, 0.3) is 0 Å². The molecule has 2 rings (SSSR count). The topological polar surface area (TPSA) is 20.3 Å². The second kappa shape index (κ2) is 6.30. The van der Waals surface area contributed by atoms with Crippen molar-refractivity contribution in [2.24, 2.45) is 0 Å². The van der Waals surface area contributed by atoms with E-state index >= 15 is 0 Å². The number of hydrogen-bond donors (Lipinski definition) is 0. The molecule has 0 aromatic carbocycles. The second-order valence-corrected chi connectivity index (χ2v) is 5.85. The molecule has 0 radical (unpaired) electrons. The van der Waals surface area contributed by atoms with Gasteiger partial charge in [-0.15, -0.1) is 11.3 Å². The van der Waals surface area contributed by atoms with Crippen LogP contribution in [0.2, 0.25) is 0 Å². The Morgan fingerprint density at radius 1 is 1.56 bits per heavy atom. The van der Waals surface area contributed by atoms with Crippen LogP contribution in [0.3, 0.4) is 0 Å². The molecule has 1 aromatic rings. The van der Waals surface area contributed by atoms with Gasteiger partial charge in [-0.25, -0.2) is 0 Å². The number of hydrogen-bond acceptors (Lipinski definition) is 3. The highest BCUT2D eigenvalue weighted by Crippen LogP contribution is 2.22. The Kier molecular flexibility index (Phi) is 4.72. The molecule has 2 nitrogen and oxygen atoms in total. The first-order valence-electron chi connectivity index (χ1n) is 6.69. The Balaban J connectivity index is 1.93. The number of rotatable bonds is 6. The van der Waals surface area contributed by atoms with Gasteiger partial charge in [0.15, 0.2) is 5.78 Å². The van der Waals surface area contributed by atoms with Crippen molar-refractivity contribution in [2.75, 3.05) is 6.54 Å². The van der Waals surface area contributed by atoms with Crippen LogP contribution in [0.4, 0.5) is 0 Å². The summed E-state index contributed by atoms with van der Waals surface area (Å²) in [5.74, 6) is 0.174. The van der Waals surface area contributed by atoms with Crippen molar-refractivity contribution in [3.05, 3.63) is 34.0 Å². The van der Waals surface area contributed by atoms with Gasteiger partial charge in [0.2, 0.25) is 0 Å². The minimum Gasteiger partial charge on any atom is -0.294 e. The monoisotopic (exact) mass is 263 g/mol. The molecule has 18 heavy (non-hydrogen) atoms. The van der Waals surface area contributed by atoms with Crippen molar-refractivity contribution >= 4 is 17.1 Å². The Labute approximate surface area is 113 Å². The molecule has 1 aromatic heterocycles. The molecule has 2 heterocycles. The molecule has 0 spiro atoms.